The molecule has 0 spiro atoms. The quantitative estimate of drug-likeness (QED) is 0.682. The first kappa shape index (κ1) is 17.5. The van der Waals surface area contributed by atoms with Crippen molar-refractivity contribution < 1.29 is 14.3 Å². The maximum Gasteiger partial charge on any atom is 0.337 e. The van der Waals surface area contributed by atoms with Crippen molar-refractivity contribution in [2.75, 3.05) is 12.4 Å². The van der Waals surface area contributed by atoms with Crippen molar-refractivity contribution in [3.8, 4) is 0 Å². The van der Waals surface area contributed by atoms with E-state index in [9.17, 15) is 9.59 Å². The predicted molar refractivity (Wildman–Crippen MR) is 96.1 cm³/mol. The van der Waals surface area contributed by atoms with Gasteiger partial charge in [0.15, 0.2) is 0 Å². The van der Waals surface area contributed by atoms with Crippen molar-refractivity contribution in [1.29, 1.82) is 0 Å². The van der Waals surface area contributed by atoms with Crippen LogP contribution in [0.2, 0.25) is 0 Å². The van der Waals surface area contributed by atoms with Gasteiger partial charge >= 0.3 is 5.97 Å². The Bertz CT molecular complexity index is 766. The minimum atomic E-state index is -0.381. The normalized spacial score (nSPS) is 10.7. The highest BCUT2D eigenvalue weighted by molar-refractivity contribution is 6.02. The highest BCUT2D eigenvalue weighted by atomic mass is 16.5. The number of amides is 1. The first-order valence-electron chi connectivity index (χ1n) is 7.66. The zero-order valence-electron chi connectivity index (χ0n) is 14.3. The topological polar surface area (TPSA) is 55.4 Å². The number of hydrogen-bond donors (Lipinski definition) is 1. The van der Waals surface area contributed by atoms with Gasteiger partial charge in [0, 0.05) is 11.8 Å². The number of aryl methyl sites for hydroxylation is 3. The lowest BCUT2D eigenvalue weighted by Gasteiger charge is -2.11. The molecule has 0 atom stereocenters. The van der Waals surface area contributed by atoms with E-state index in [2.05, 4.69) is 10.1 Å². The molecule has 0 radical (unpaired) electrons. The molecule has 124 valence electrons. The molecular formula is C20H21NO3. The van der Waals surface area contributed by atoms with Crippen LogP contribution < -0.4 is 5.32 Å². The molecule has 0 fully saturated rings. The summed E-state index contributed by atoms with van der Waals surface area (Å²) in [4.78, 5) is 23.5. The molecule has 4 heteroatoms. The number of rotatable bonds is 4. The molecule has 24 heavy (non-hydrogen) atoms. The number of carbonyl (C=O) groups excluding carboxylic acids is 2. The number of carbonyl (C=O) groups is 2. The highest BCUT2D eigenvalue weighted by Crippen LogP contribution is 2.21. The summed E-state index contributed by atoms with van der Waals surface area (Å²) in [6, 6.07) is 10.9. The Morgan fingerprint density at radius 3 is 2.12 bits per heavy atom. The fourth-order valence-electron chi connectivity index (χ4n) is 2.56. The lowest BCUT2D eigenvalue weighted by Crippen LogP contribution is -2.10. The Labute approximate surface area is 142 Å². The SMILES string of the molecule is COC(=O)c1ccc(/C=C/C(=O)Nc2c(C)cc(C)cc2C)cc1. The fourth-order valence-corrected chi connectivity index (χ4v) is 2.56. The molecule has 0 heterocycles. The molecule has 0 bridgehead atoms. The molecule has 0 saturated heterocycles. The summed E-state index contributed by atoms with van der Waals surface area (Å²) in [6.45, 7) is 5.99. The summed E-state index contributed by atoms with van der Waals surface area (Å²) in [6.07, 6.45) is 3.18. The first-order valence-corrected chi connectivity index (χ1v) is 7.66. The van der Waals surface area contributed by atoms with Gasteiger partial charge < -0.3 is 10.1 Å². The molecule has 0 saturated carbocycles. The monoisotopic (exact) mass is 323 g/mol. The third-order valence-electron chi connectivity index (χ3n) is 3.68. The van der Waals surface area contributed by atoms with Gasteiger partial charge in [0.05, 0.1) is 12.7 Å². The summed E-state index contributed by atoms with van der Waals surface area (Å²) in [5.74, 6) is -0.573. The molecule has 0 aliphatic carbocycles. The third kappa shape index (κ3) is 4.32. The standard InChI is InChI=1S/C20H21NO3/c1-13-11-14(2)19(15(3)12-13)21-18(22)10-7-16-5-8-17(9-6-16)20(23)24-4/h5-12H,1-4H3,(H,21,22)/b10-7+. The van der Waals surface area contributed by atoms with Crippen LogP contribution in [0.1, 0.15) is 32.6 Å². The van der Waals surface area contributed by atoms with Gasteiger partial charge in [-0.05, 0) is 55.7 Å². The minimum absolute atomic E-state index is 0.193. The van der Waals surface area contributed by atoms with Gasteiger partial charge in [0.25, 0.3) is 0 Å². The van der Waals surface area contributed by atoms with E-state index in [1.807, 2.05) is 32.9 Å². The Hall–Kier alpha value is -2.88. The number of esters is 1. The van der Waals surface area contributed by atoms with Gasteiger partial charge in [-0.15, -0.1) is 0 Å². The number of ether oxygens (including phenoxy) is 1. The van der Waals surface area contributed by atoms with Crippen molar-refractivity contribution in [2.45, 2.75) is 20.8 Å². The molecular weight excluding hydrogens is 302 g/mol. The Balaban J connectivity index is 2.07. The van der Waals surface area contributed by atoms with Crippen molar-refractivity contribution in [3.05, 3.63) is 70.3 Å². The van der Waals surface area contributed by atoms with E-state index in [0.717, 1.165) is 22.4 Å². The molecule has 0 aliphatic rings. The zero-order chi connectivity index (χ0) is 17.7. The minimum Gasteiger partial charge on any atom is -0.465 e. The van der Waals surface area contributed by atoms with E-state index in [0.29, 0.717) is 5.56 Å². The molecule has 4 nitrogen and oxygen atoms in total. The molecule has 0 aliphatic heterocycles. The lowest BCUT2D eigenvalue weighted by atomic mass is 10.1. The van der Waals surface area contributed by atoms with Crippen LogP contribution in [0, 0.1) is 20.8 Å². The molecule has 0 unspecified atom stereocenters. The number of hydrogen-bond acceptors (Lipinski definition) is 3. The number of benzene rings is 2. The second-order valence-electron chi connectivity index (χ2n) is 5.71. The molecule has 2 aromatic rings. The van der Waals surface area contributed by atoms with Crippen LogP contribution >= 0.6 is 0 Å². The fraction of sp³-hybridized carbons (Fsp3) is 0.200. The predicted octanol–water partition coefficient (Wildman–Crippen LogP) is 4.05. The maximum atomic E-state index is 12.1. The second kappa shape index (κ2) is 7.59. The van der Waals surface area contributed by atoms with E-state index >= 15 is 0 Å². The average molecular weight is 323 g/mol. The van der Waals surface area contributed by atoms with Gasteiger partial charge in [0.2, 0.25) is 5.91 Å². The molecule has 1 N–H and O–H groups in total. The van der Waals surface area contributed by atoms with Gasteiger partial charge in [-0.3, -0.25) is 4.79 Å². The third-order valence-corrected chi connectivity index (χ3v) is 3.68. The summed E-state index contributed by atoms with van der Waals surface area (Å²) < 4.78 is 4.65. The number of anilines is 1. The Morgan fingerprint density at radius 2 is 1.58 bits per heavy atom. The van der Waals surface area contributed by atoms with Gasteiger partial charge in [-0.1, -0.05) is 29.8 Å². The number of nitrogens with one attached hydrogen (secondary N) is 1. The molecule has 1 amide bonds. The van der Waals surface area contributed by atoms with Crippen LogP contribution in [0.5, 0.6) is 0 Å². The Morgan fingerprint density at radius 1 is 1.00 bits per heavy atom. The van der Waals surface area contributed by atoms with Crippen LogP contribution in [0.15, 0.2) is 42.5 Å². The highest BCUT2D eigenvalue weighted by Gasteiger charge is 2.06. The maximum absolute atomic E-state index is 12.1. The largest absolute Gasteiger partial charge is 0.465 e. The van der Waals surface area contributed by atoms with Gasteiger partial charge in [-0.25, -0.2) is 4.79 Å². The van der Waals surface area contributed by atoms with Gasteiger partial charge in [0.1, 0.15) is 0 Å². The zero-order valence-corrected chi connectivity index (χ0v) is 14.3. The Kier molecular flexibility index (Phi) is 5.53. The van der Waals surface area contributed by atoms with Crippen molar-refractivity contribution >= 4 is 23.6 Å². The summed E-state index contributed by atoms with van der Waals surface area (Å²) in [5, 5.41) is 2.91. The molecule has 2 aromatic carbocycles. The van der Waals surface area contributed by atoms with E-state index in [-0.39, 0.29) is 11.9 Å². The second-order valence-corrected chi connectivity index (χ2v) is 5.71. The van der Waals surface area contributed by atoms with Crippen molar-refractivity contribution in [3.63, 3.8) is 0 Å². The van der Waals surface area contributed by atoms with Crippen LogP contribution in [-0.4, -0.2) is 19.0 Å². The lowest BCUT2D eigenvalue weighted by molar-refractivity contribution is -0.111. The summed E-state index contributed by atoms with van der Waals surface area (Å²) >= 11 is 0. The molecule has 2 rings (SSSR count). The van der Waals surface area contributed by atoms with E-state index < -0.39 is 0 Å². The number of methoxy groups -OCH3 is 1. The van der Waals surface area contributed by atoms with Crippen molar-refractivity contribution in [1.82, 2.24) is 0 Å². The van der Waals surface area contributed by atoms with Crippen LogP contribution in [0.3, 0.4) is 0 Å². The van der Waals surface area contributed by atoms with Crippen LogP contribution in [0.4, 0.5) is 5.69 Å². The van der Waals surface area contributed by atoms with E-state index in [4.69, 9.17) is 0 Å². The van der Waals surface area contributed by atoms with E-state index in [1.54, 1.807) is 30.3 Å². The molecule has 0 aromatic heterocycles. The van der Waals surface area contributed by atoms with Crippen LogP contribution in [-0.2, 0) is 9.53 Å². The van der Waals surface area contributed by atoms with E-state index in [1.165, 1.54) is 18.7 Å². The van der Waals surface area contributed by atoms with Crippen LogP contribution in [0.25, 0.3) is 6.08 Å². The first-order chi connectivity index (χ1) is 11.4. The summed E-state index contributed by atoms with van der Waals surface area (Å²) in [7, 11) is 1.34. The summed E-state index contributed by atoms with van der Waals surface area (Å²) in [5.41, 5.74) is 5.40. The average Bonchev–Trinajstić information content (AvgIpc) is 2.56. The smallest absolute Gasteiger partial charge is 0.337 e. The van der Waals surface area contributed by atoms with Gasteiger partial charge in [-0.2, -0.15) is 0 Å². The van der Waals surface area contributed by atoms with Crippen molar-refractivity contribution in [2.24, 2.45) is 0 Å².